The Kier molecular flexibility index (Phi) is 4.21. The summed E-state index contributed by atoms with van der Waals surface area (Å²) >= 11 is 0. The van der Waals surface area contributed by atoms with Crippen molar-refractivity contribution < 1.29 is 14.3 Å². The topological polar surface area (TPSA) is 78.3 Å². The minimum atomic E-state index is -0.410. The molecule has 3 heterocycles. The molecule has 0 radical (unpaired) electrons. The molecule has 1 N–H and O–H groups in total. The van der Waals surface area contributed by atoms with Crippen LogP contribution in [0.15, 0.2) is 6.20 Å². The van der Waals surface area contributed by atoms with Gasteiger partial charge in [0.25, 0.3) is 0 Å². The van der Waals surface area contributed by atoms with Gasteiger partial charge in [0, 0.05) is 6.61 Å². The summed E-state index contributed by atoms with van der Waals surface area (Å²) in [6.07, 6.45) is 5.59. The molecule has 3 rings (SSSR count). The molecule has 0 bridgehead atoms. The third-order valence-corrected chi connectivity index (χ3v) is 4.35. The van der Waals surface area contributed by atoms with Gasteiger partial charge in [0.05, 0.1) is 24.4 Å². The van der Waals surface area contributed by atoms with Crippen molar-refractivity contribution in [2.24, 2.45) is 0 Å². The number of carbonyl (C=O) groups excluding carboxylic acids is 1. The number of esters is 1. The largest absolute Gasteiger partial charge is 0.461 e. The second-order valence-corrected chi connectivity index (χ2v) is 5.73. The van der Waals surface area contributed by atoms with Crippen LogP contribution >= 0.6 is 0 Å². The summed E-state index contributed by atoms with van der Waals surface area (Å²) in [6, 6.07) is 0.243. The zero-order valence-corrected chi connectivity index (χ0v) is 12.4. The smallest absolute Gasteiger partial charge is 0.360 e. The molecule has 1 atom stereocenters. The van der Waals surface area contributed by atoms with E-state index in [1.807, 2.05) is 0 Å². The van der Waals surface area contributed by atoms with Crippen LogP contribution in [-0.4, -0.2) is 52.9 Å². The average Bonchev–Trinajstić information content (AvgIpc) is 2.98. The summed E-state index contributed by atoms with van der Waals surface area (Å²) in [4.78, 5) is 11.7. The summed E-state index contributed by atoms with van der Waals surface area (Å²) in [6.45, 7) is 4.86. The maximum atomic E-state index is 11.7. The van der Waals surface area contributed by atoms with Crippen molar-refractivity contribution in [2.45, 2.75) is 44.2 Å². The number of hydrogen-bond donors (Lipinski definition) is 1. The zero-order valence-electron chi connectivity index (χ0n) is 12.4. The van der Waals surface area contributed by atoms with Crippen molar-refractivity contribution in [3.8, 4) is 0 Å². The molecule has 2 saturated heterocycles. The maximum Gasteiger partial charge on any atom is 0.360 e. The predicted octanol–water partition coefficient (Wildman–Crippen LogP) is 0.928. The van der Waals surface area contributed by atoms with Crippen molar-refractivity contribution in [3.63, 3.8) is 0 Å². The molecule has 2 aliphatic rings. The Morgan fingerprint density at radius 2 is 2.38 bits per heavy atom. The van der Waals surface area contributed by atoms with E-state index in [-0.39, 0.29) is 17.3 Å². The van der Waals surface area contributed by atoms with Crippen LogP contribution in [0.1, 0.15) is 49.1 Å². The number of nitrogens with one attached hydrogen (secondary N) is 1. The number of aromatic nitrogens is 3. The first-order valence-corrected chi connectivity index (χ1v) is 7.66. The van der Waals surface area contributed by atoms with Crippen LogP contribution in [0, 0.1) is 0 Å². The van der Waals surface area contributed by atoms with E-state index in [1.165, 1.54) is 0 Å². The summed E-state index contributed by atoms with van der Waals surface area (Å²) in [7, 11) is 0. The van der Waals surface area contributed by atoms with Gasteiger partial charge in [0.15, 0.2) is 5.69 Å². The lowest BCUT2D eigenvalue weighted by atomic mass is 9.83. The van der Waals surface area contributed by atoms with Crippen LogP contribution in [-0.2, 0) is 9.47 Å². The fourth-order valence-corrected chi connectivity index (χ4v) is 3.21. The van der Waals surface area contributed by atoms with E-state index in [1.54, 1.807) is 17.8 Å². The SMILES string of the molecule is CCOC(=O)c1cn(C2CCOC3(CCNCC3)C2)nn1. The molecule has 1 unspecified atom stereocenters. The van der Waals surface area contributed by atoms with E-state index in [0.717, 1.165) is 45.4 Å². The van der Waals surface area contributed by atoms with E-state index in [9.17, 15) is 4.79 Å². The Labute approximate surface area is 124 Å². The monoisotopic (exact) mass is 294 g/mol. The highest BCUT2D eigenvalue weighted by Crippen LogP contribution is 2.37. The van der Waals surface area contributed by atoms with Crippen molar-refractivity contribution >= 4 is 5.97 Å². The van der Waals surface area contributed by atoms with Gasteiger partial charge in [-0.3, -0.25) is 0 Å². The molecule has 0 aliphatic carbocycles. The Hall–Kier alpha value is -1.47. The molecule has 1 aromatic heterocycles. The fraction of sp³-hybridized carbons (Fsp3) is 0.786. The molecular formula is C14H22N4O3. The molecule has 116 valence electrons. The summed E-state index contributed by atoms with van der Waals surface area (Å²) in [5.41, 5.74) is 0.243. The Balaban J connectivity index is 1.70. The second-order valence-electron chi connectivity index (χ2n) is 5.73. The molecule has 2 aliphatic heterocycles. The first-order valence-electron chi connectivity index (χ1n) is 7.66. The molecular weight excluding hydrogens is 272 g/mol. The van der Waals surface area contributed by atoms with Gasteiger partial charge in [0.2, 0.25) is 0 Å². The van der Waals surface area contributed by atoms with Gasteiger partial charge in [-0.05, 0) is 45.7 Å². The lowest BCUT2D eigenvalue weighted by Gasteiger charge is -2.43. The van der Waals surface area contributed by atoms with Crippen LogP contribution in [0.5, 0.6) is 0 Å². The summed E-state index contributed by atoms with van der Waals surface area (Å²) in [5, 5.41) is 11.4. The first kappa shape index (κ1) is 14.5. The highest BCUT2D eigenvalue weighted by molar-refractivity contribution is 5.86. The molecule has 7 nitrogen and oxygen atoms in total. The van der Waals surface area contributed by atoms with Gasteiger partial charge in [0.1, 0.15) is 0 Å². The summed E-state index contributed by atoms with van der Waals surface area (Å²) < 4.78 is 12.8. The van der Waals surface area contributed by atoms with Crippen LogP contribution < -0.4 is 5.32 Å². The fourth-order valence-electron chi connectivity index (χ4n) is 3.21. The number of rotatable bonds is 3. The standard InChI is InChI=1S/C14H22N4O3/c1-2-20-13(19)12-10-18(17-16-12)11-3-8-21-14(9-11)4-6-15-7-5-14/h10-11,15H,2-9H2,1H3. The van der Waals surface area contributed by atoms with E-state index in [0.29, 0.717) is 6.61 Å². The molecule has 2 fully saturated rings. The van der Waals surface area contributed by atoms with E-state index in [2.05, 4.69) is 15.6 Å². The first-order chi connectivity index (χ1) is 10.2. The highest BCUT2D eigenvalue weighted by atomic mass is 16.5. The van der Waals surface area contributed by atoms with Gasteiger partial charge in [-0.2, -0.15) is 0 Å². The van der Waals surface area contributed by atoms with Crippen molar-refractivity contribution in [2.75, 3.05) is 26.3 Å². The number of carbonyl (C=O) groups is 1. The quantitative estimate of drug-likeness (QED) is 0.836. The lowest BCUT2D eigenvalue weighted by molar-refractivity contribution is -0.112. The van der Waals surface area contributed by atoms with Crippen LogP contribution in [0.3, 0.4) is 0 Å². The Morgan fingerprint density at radius 3 is 3.14 bits per heavy atom. The molecule has 0 saturated carbocycles. The maximum absolute atomic E-state index is 11.7. The van der Waals surface area contributed by atoms with Gasteiger partial charge in [-0.15, -0.1) is 5.10 Å². The third kappa shape index (κ3) is 3.08. The summed E-state index contributed by atoms with van der Waals surface area (Å²) in [5.74, 6) is -0.410. The van der Waals surface area contributed by atoms with Crippen LogP contribution in [0.25, 0.3) is 0 Å². The van der Waals surface area contributed by atoms with Gasteiger partial charge in [-0.1, -0.05) is 5.21 Å². The van der Waals surface area contributed by atoms with Crippen molar-refractivity contribution in [3.05, 3.63) is 11.9 Å². The van der Waals surface area contributed by atoms with Crippen molar-refractivity contribution in [1.82, 2.24) is 20.3 Å². The highest BCUT2D eigenvalue weighted by Gasteiger charge is 2.39. The predicted molar refractivity (Wildman–Crippen MR) is 75.0 cm³/mol. The second kappa shape index (κ2) is 6.11. The zero-order chi connectivity index (χ0) is 14.7. The molecule has 7 heteroatoms. The molecule has 1 aromatic rings. The number of hydrogen-bond acceptors (Lipinski definition) is 6. The third-order valence-electron chi connectivity index (χ3n) is 4.35. The van der Waals surface area contributed by atoms with Crippen LogP contribution in [0.4, 0.5) is 0 Å². The minimum Gasteiger partial charge on any atom is -0.461 e. The molecule has 21 heavy (non-hydrogen) atoms. The van der Waals surface area contributed by atoms with Gasteiger partial charge in [-0.25, -0.2) is 9.48 Å². The average molecular weight is 294 g/mol. The van der Waals surface area contributed by atoms with E-state index in [4.69, 9.17) is 9.47 Å². The Morgan fingerprint density at radius 1 is 1.57 bits per heavy atom. The Bertz CT molecular complexity index is 491. The van der Waals surface area contributed by atoms with Crippen LogP contribution in [0.2, 0.25) is 0 Å². The molecule has 0 amide bonds. The van der Waals surface area contributed by atoms with Gasteiger partial charge < -0.3 is 14.8 Å². The van der Waals surface area contributed by atoms with E-state index < -0.39 is 5.97 Å². The lowest BCUT2D eigenvalue weighted by Crippen LogP contribution is -2.48. The van der Waals surface area contributed by atoms with Crippen molar-refractivity contribution in [1.29, 1.82) is 0 Å². The number of piperidine rings is 1. The number of ether oxygens (including phenoxy) is 2. The molecule has 1 spiro atoms. The number of nitrogens with zero attached hydrogens (tertiary/aromatic N) is 3. The molecule has 0 aromatic carbocycles. The minimum absolute atomic E-state index is 0.0375. The van der Waals surface area contributed by atoms with E-state index >= 15 is 0 Å². The van der Waals surface area contributed by atoms with Gasteiger partial charge >= 0.3 is 5.97 Å². The normalized spacial score (nSPS) is 24.9.